The van der Waals surface area contributed by atoms with E-state index in [4.69, 9.17) is 11.6 Å². The number of pyridine rings is 1. The van der Waals surface area contributed by atoms with Crippen LogP contribution < -0.4 is 4.72 Å². The van der Waals surface area contributed by atoms with Gasteiger partial charge in [-0.15, -0.1) is 0 Å². The van der Waals surface area contributed by atoms with E-state index >= 15 is 0 Å². The third-order valence-electron chi connectivity index (χ3n) is 6.09. The molecule has 10 heteroatoms. The van der Waals surface area contributed by atoms with Gasteiger partial charge in [0.2, 0.25) is 10.0 Å². The number of carbonyl (C=O) groups is 1. The van der Waals surface area contributed by atoms with Crippen molar-refractivity contribution in [3.63, 3.8) is 0 Å². The molecule has 2 aromatic heterocycles. The van der Waals surface area contributed by atoms with Gasteiger partial charge >= 0.3 is 29.6 Å². The molecule has 0 radical (unpaired) electrons. The van der Waals surface area contributed by atoms with Crippen molar-refractivity contribution in [3.8, 4) is 11.8 Å². The summed E-state index contributed by atoms with van der Waals surface area (Å²) in [7, 11) is -3.74. The second-order valence-electron chi connectivity index (χ2n) is 9.12. The monoisotopic (exact) mass is 572 g/mol. The van der Waals surface area contributed by atoms with Crippen LogP contribution >= 0.6 is 11.6 Å². The third kappa shape index (κ3) is 7.93. The van der Waals surface area contributed by atoms with E-state index in [2.05, 4.69) is 26.5 Å². The minimum atomic E-state index is -3.74. The Labute approximate surface area is 256 Å². The summed E-state index contributed by atoms with van der Waals surface area (Å²) in [5.74, 6) is 6.10. The first-order chi connectivity index (χ1) is 18.2. The van der Waals surface area contributed by atoms with E-state index in [1.807, 2.05) is 73.9 Å². The molecular weight excluding hydrogens is 543 g/mol. The summed E-state index contributed by atoms with van der Waals surface area (Å²) < 4.78 is 28.7. The molecule has 39 heavy (non-hydrogen) atoms. The number of halogens is 1. The zero-order chi connectivity index (χ0) is 27.3. The van der Waals surface area contributed by atoms with Gasteiger partial charge in [0.15, 0.2) is 5.65 Å². The number of amides is 1. The number of unbranched alkanes of at least 4 members (excludes halogenated alkanes) is 2. The van der Waals surface area contributed by atoms with Crippen molar-refractivity contribution in [1.29, 1.82) is 0 Å². The summed E-state index contributed by atoms with van der Waals surface area (Å²) in [4.78, 5) is 21.9. The second kappa shape index (κ2) is 13.6. The van der Waals surface area contributed by atoms with Crippen LogP contribution in [0.25, 0.3) is 11.2 Å². The van der Waals surface area contributed by atoms with Crippen LogP contribution in [0.1, 0.15) is 64.8 Å². The maximum atomic E-state index is 12.8. The number of hydrogen-bond acceptors (Lipinski definition) is 5. The van der Waals surface area contributed by atoms with Crippen molar-refractivity contribution in [1.82, 2.24) is 19.3 Å². The predicted molar refractivity (Wildman–Crippen MR) is 158 cm³/mol. The number of benzene rings is 2. The Kier molecular flexibility index (Phi) is 10.8. The van der Waals surface area contributed by atoms with Gasteiger partial charge in [0, 0.05) is 16.1 Å². The molecule has 0 fully saturated rings. The number of nitrogens with zero attached hydrogens (tertiary/aromatic N) is 3. The van der Waals surface area contributed by atoms with Gasteiger partial charge in [-0.2, -0.15) is 0 Å². The van der Waals surface area contributed by atoms with E-state index in [-0.39, 0.29) is 41.0 Å². The molecule has 7 nitrogen and oxygen atoms in total. The molecule has 4 aromatic rings. The summed E-state index contributed by atoms with van der Waals surface area (Å²) in [6.07, 6.45) is 2.16. The number of fused-ring (bicyclic) bond motifs is 1. The Morgan fingerprint density at radius 3 is 2.41 bits per heavy atom. The summed E-state index contributed by atoms with van der Waals surface area (Å²) in [6, 6.07) is 16.9. The van der Waals surface area contributed by atoms with E-state index in [9.17, 15) is 13.2 Å². The van der Waals surface area contributed by atoms with Crippen molar-refractivity contribution in [3.05, 3.63) is 93.4 Å². The number of imidazole rings is 1. The van der Waals surface area contributed by atoms with Gasteiger partial charge in [0.05, 0.1) is 12.3 Å². The fourth-order valence-electron chi connectivity index (χ4n) is 4.03. The molecule has 0 atom stereocenters. The predicted octanol–water partition coefficient (Wildman–Crippen LogP) is 4.75. The van der Waals surface area contributed by atoms with Crippen molar-refractivity contribution in [2.45, 2.75) is 46.6 Å². The van der Waals surface area contributed by atoms with Gasteiger partial charge in [-0.3, -0.25) is 4.79 Å². The van der Waals surface area contributed by atoms with Crippen LogP contribution in [0.15, 0.2) is 54.6 Å². The molecule has 198 valence electrons. The number of aryl methyl sites for hydroxylation is 2. The molecular formula is C29H30ClN4NaO3S. The van der Waals surface area contributed by atoms with Gasteiger partial charge in [-0.25, -0.2) is 23.1 Å². The Balaban J connectivity index is 0.00000420. The summed E-state index contributed by atoms with van der Waals surface area (Å²) in [5, 5.41) is 0.551. The van der Waals surface area contributed by atoms with Crippen LogP contribution in [-0.4, -0.2) is 64.2 Å². The number of hydrogen-bond donors (Lipinski definition) is 1. The Bertz CT molecular complexity index is 1660. The van der Waals surface area contributed by atoms with Gasteiger partial charge in [0.25, 0.3) is 5.91 Å². The number of nitrogens with one attached hydrogen (secondary N) is 1. The van der Waals surface area contributed by atoms with Crippen molar-refractivity contribution in [2.75, 3.05) is 5.75 Å². The standard InChI is InChI=1S/C29H29ClN4O3S.Na.H/c1-4-5-9-16-38(36,37)33-29(35)26-17-20(2)27-28(32-26)34(21(3)31-27)19-24-15-14-23(18-25(24)30)13-12-22-10-7-6-8-11-22;;/h6-8,10-11,14-15,17-18H,4-5,9,16,19H2,1-3H3,(H,33,35);;. The van der Waals surface area contributed by atoms with Gasteiger partial charge in [-0.1, -0.05) is 67.5 Å². The van der Waals surface area contributed by atoms with Crippen LogP contribution in [-0.2, 0) is 16.6 Å². The molecule has 2 aromatic carbocycles. The minimum absolute atomic E-state index is 0. The van der Waals surface area contributed by atoms with Gasteiger partial charge in [-0.05, 0) is 61.7 Å². The van der Waals surface area contributed by atoms with E-state index in [0.29, 0.717) is 35.0 Å². The number of rotatable bonds is 8. The van der Waals surface area contributed by atoms with Crippen LogP contribution in [0, 0.1) is 25.7 Å². The molecule has 0 spiro atoms. The second-order valence-corrected chi connectivity index (χ2v) is 11.4. The van der Waals surface area contributed by atoms with E-state index in [1.165, 1.54) is 0 Å². The molecule has 0 unspecified atom stereocenters. The normalized spacial score (nSPS) is 11.0. The molecule has 0 bridgehead atoms. The number of aromatic nitrogens is 3. The van der Waals surface area contributed by atoms with Crippen molar-refractivity contribution in [2.24, 2.45) is 0 Å². The molecule has 0 aliphatic rings. The fraction of sp³-hybridized carbons (Fsp3) is 0.276. The average Bonchev–Trinajstić information content (AvgIpc) is 3.20. The first-order valence-electron chi connectivity index (χ1n) is 12.4. The Morgan fingerprint density at radius 1 is 1.00 bits per heavy atom. The molecule has 0 aliphatic carbocycles. The third-order valence-corrected chi connectivity index (χ3v) is 7.76. The Hall–Kier alpha value is -2.67. The molecule has 2 heterocycles. The summed E-state index contributed by atoms with van der Waals surface area (Å²) in [5.41, 5.74) is 4.43. The summed E-state index contributed by atoms with van der Waals surface area (Å²) >= 11 is 6.62. The number of sulfonamides is 1. The van der Waals surface area contributed by atoms with Crippen molar-refractivity contribution >= 4 is 68.3 Å². The fourth-order valence-corrected chi connectivity index (χ4v) is 5.35. The number of carbonyl (C=O) groups excluding carboxylic acids is 1. The molecule has 1 amide bonds. The van der Waals surface area contributed by atoms with E-state index < -0.39 is 15.9 Å². The van der Waals surface area contributed by atoms with Crippen LogP contribution in [0.4, 0.5) is 0 Å². The first-order valence-corrected chi connectivity index (χ1v) is 14.4. The zero-order valence-electron chi connectivity index (χ0n) is 21.6. The van der Waals surface area contributed by atoms with Crippen LogP contribution in [0.5, 0.6) is 0 Å². The molecule has 1 N–H and O–H groups in total. The molecule has 0 aliphatic heterocycles. The quantitative estimate of drug-likeness (QED) is 0.187. The van der Waals surface area contributed by atoms with E-state index in [0.717, 1.165) is 35.1 Å². The maximum absolute atomic E-state index is 12.8. The van der Waals surface area contributed by atoms with Crippen molar-refractivity contribution < 1.29 is 13.2 Å². The Morgan fingerprint density at radius 2 is 1.72 bits per heavy atom. The van der Waals surface area contributed by atoms with Crippen LogP contribution in [0.2, 0.25) is 5.02 Å². The van der Waals surface area contributed by atoms with E-state index in [1.54, 1.807) is 6.07 Å². The zero-order valence-corrected chi connectivity index (χ0v) is 23.2. The van der Waals surface area contributed by atoms with Crippen LogP contribution in [0.3, 0.4) is 0 Å². The first kappa shape index (κ1) is 30.9. The average molecular weight is 573 g/mol. The topological polar surface area (TPSA) is 94.0 Å². The van der Waals surface area contributed by atoms with Gasteiger partial charge in [0.1, 0.15) is 17.0 Å². The summed E-state index contributed by atoms with van der Waals surface area (Å²) in [6.45, 7) is 6.04. The SMILES string of the molecule is CCCCCS(=O)(=O)NC(=O)c1cc(C)c2nc(C)n(Cc3ccc(C#Cc4ccccc4)cc3Cl)c2n1.[NaH]. The molecule has 0 saturated carbocycles. The molecule has 4 rings (SSSR count). The van der Waals surface area contributed by atoms with Gasteiger partial charge < -0.3 is 4.57 Å². The molecule has 0 saturated heterocycles.